The lowest BCUT2D eigenvalue weighted by Crippen LogP contribution is -2.24. The minimum atomic E-state index is -1.05. The fourth-order valence-electron chi connectivity index (χ4n) is 0.768. The lowest BCUT2D eigenvalue weighted by Gasteiger charge is -2.10. The Balaban J connectivity index is 2.93. The van der Waals surface area contributed by atoms with Crippen LogP contribution in [0.1, 0.15) is 5.56 Å². The maximum Gasteiger partial charge on any atom is 0.412 e. The molecule has 0 saturated carbocycles. The van der Waals surface area contributed by atoms with E-state index in [0.717, 1.165) is 4.90 Å². The van der Waals surface area contributed by atoms with Gasteiger partial charge in [-0.25, -0.2) is 9.78 Å². The summed E-state index contributed by atoms with van der Waals surface area (Å²) in [5, 5.41) is 8.61. The highest BCUT2D eigenvalue weighted by atomic mass is 16.4. The van der Waals surface area contributed by atoms with E-state index in [1.807, 2.05) is 0 Å². The maximum absolute atomic E-state index is 10.5. The summed E-state index contributed by atoms with van der Waals surface area (Å²) in [6.45, 7) is 0. The molecule has 66 valence electrons. The Bertz CT molecular complexity index is 351. The van der Waals surface area contributed by atoms with Crippen molar-refractivity contribution in [3.63, 3.8) is 0 Å². The Kier molecular flexibility index (Phi) is 2.50. The fraction of sp³-hybridized carbons (Fsp3) is 0.111. The average molecular weight is 176 g/mol. The zero-order chi connectivity index (χ0) is 9.84. The van der Waals surface area contributed by atoms with Crippen molar-refractivity contribution in [3.8, 4) is 12.3 Å². The van der Waals surface area contributed by atoms with Gasteiger partial charge in [-0.3, -0.25) is 4.90 Å². The first-order valence-electron chi connectivity index (χ1n) is 3.54. The van der Waals surface area contributed by atoms with Gasteiger partial charge in [0, 0.05) is 18.8 Å². The van der Waals surface area contributed by atoms with Gasteiger partial charge in [-0.1, -0.05) is 5.92 Å². The monoisotopic (exact) mass is 176 g/mol. The maximum atomic E-state index is 10.5. The van der Waals surface area contributed by atoms with Crippen LogP contribution < -0.4 is 4.90 Å². The SMILES string of the molecule is C#Cc1ccc(N(C)C(=O)O)nc1. The molecular weight excluding hydrogens is 168 g/mol. The van der Waals surface area contributed by atoms with Crippen molar-refractivity contribution in [1.82, 2.24) is 4.98 Å². The number of hydrogen-bond donors (Lipinski definition) is 1. The van der Waals surface area contributed by atoms with Gasteiger partial charge in [0.2, 0.25) is 0 Å². The van der Waals surface area contributed by atoms with Gasteiger partial charge in [0.05, 0.1) is 0 Å². The number of hydrogen-bond acceptors (Lipinski definition) is 2. The average Bonchev–Trinajstić information content (AvgIpc) is 2.17. The zero-order valence-electron chi connectivity index (χ0n) is 7.06. The summed E-state index contributed by atoms with van der Waals surface area (Å²) in [6, 6.07) is 3.20. The first-order chi connectivity index (χ1) is 6.15. The number of nitrogens with zero attached hydrogens (tertiary/aromatic N) is 2. The molecule has 0 bridgehead atoms. The second kappa shape index (κ2) is 3.59. The van der Waals surface area contributed by atoms with E-state index in [2.05, 4.69) is 10.9 Å². The molecule has 0 fully saturated rings. The van der Waals surface area contributed by atoms with Crippen LogP contribution in [0.15, 0.2) is 18.3 Å². The highest BCUT2D eigenvalue weighted by Gasteiger charge is 2.08. The molecule has 0 saturated heterocycles. The zero-order valence-corrected chi connectivity index (χ0v) is 7.06. The number of carboxylic acid groups (broad SMARTS) is 1. The first-order valence-corrected chi connectivity index (χ1v) is 3.54. The molecule has 0 aliphatic rings. The fourth-order valence-corrected chi connectivity index (χ4v) is 0.768. The van der Waals surface area contributed by atoms with Gasteiger partial charge >= 0.3 is 6.09 Å². The number of terminal acetylenes is 1. The summed E-state index contributed by atoms with van der Waals surface area (Å²) in [6.07, 6.45) is 5.51. The van der Waals surface area contributed by atoms with Gasteiger partial charge in [-0.2, -0.15) is 0 Å². The molecule has 0 aromatic carbocycles. The molecule has 0 spiro atoms. The Morgan fingerprint density at radius 3 is 2.77 bits per heavy atom. The number of rotatable bonds is 1. The number of aromatic nitrogens is 1. The lowest BCUT2D eigenvalue weighted by atomic mass is 10.3. The molecule has 0 aliphatic carbocycles. The normalized spacial score (nSPS) is 8.92. The molecule has 1 rings (SSSR count). The Morgan fingerprint density at radius 2 is 2.38 bits per heavy atom. The summed E-state index contributed by atoms with van der Waals surface area (Å²) >= 11 is 0. The standard InChI is InChI=1S/C9H8N2O2/c1-3-7-4-5-8(10-6-7)11(2)9(12)13/h1,4-6H,2H3,(H,12,13). The number of amides is 1. The Hall–Kier alpha value is -2.02. The van der Waals surface area contributed by atoms with E-state index in [1.54, 1.807) is 12.1 Å². The van der Waals surface area contributed by atoms with Crippen molar-refractivity contribution in [1.29, 1.82) is 0 Å². The molecule has 1 amide bonds. The minimum absolute atomic E-state index is 0.353. The van der Waals surface area contributed by atoms with Crippen molar-refractivity contribution in [3.05, 3.63) is 23.9 Å². The van der Waals surface area contributed by atoms with E-state index in [4.69, 9.17) is 11.5 Å². The van der Waals surface area contributed by atoms with E-state index in [-0.39, 0.29) is 0 Å². The molecule has 4 heteroatoms. The van der Waals surface area contributed by atoms with E-state index in [0.29, 0.717) is 11.4 Å². The molecule has 0 atom stereocenters. The largest absolute Gasteiger partial charge is 0.465 e. The van der Waals surface area contributed by atoms with Crippen LogP contribution >= 0.6 is 0 Å². The molecule has 0 radical (unpaired) electrons. The molecule has 1 heterocycles. The van der Waals surface area contributed by atoms with Gasteiger partial charge in [0.1, 0.15) is 5.82 Å². The first kappa shape index (κ1) is 9.07. The second-order valence-electron chi connectivity index (χ2n) is 2.39. The third-order valence-electron chi connectivity index (χ3n) is 1.55. The predicted octanol–water partition coefficient (Wildman–Crippen LogP) is 1.18. The van der Waals surface area contributed by atoms with Gasteiger partial charge in [-0.05, 0) is 12.1 Å². The van der Waals surface area contributed by atoms with E-state index >= 15 is 0 Å². The highest BCUT2D eigenvalue weighted by molar-refractivity contribution is 5.83. The van der Waals surface area contributed by atoms with Crippen LogP contribution in [-0.2, 0) is 0 Å². The van der Waals surface area contributed by atoms with Crippen LogP contribution in [0.25, 0.3) is 0 Å². The van der Waals surface area contributed by atoms with Crippen LogP contribution in [0.4, 0.5) is 10.6 Å². The number of carbonyl (C=O) groups is 1. The topological polar surface area (TPSA) is 53.4 Å². The minimum Gasteiger partial charge on any atom is -0.465 e. The van der Waals surface area contributed by atoms with Crippen LogP contribution in [0.3, 0.4) is 0 Å². The van der Waals surface area contributed by atoms with E-state index < -0.39 is 6.09 Å². The molecular formula is C9H8N2O2. The van der Waals surface area contributed by atoms with E-state index in [9.17, 15) is 4.79 Å². The third-order valence-corrected chi connectivity index (χ3v) is 1.55. The molecule has 13 heavy (non-hydrogen) atoms. The predicted molar refractivity (Wildman–Crippen MR) is 48.6 cm³/mol. The summed E-state index contributed by atoms with van der Waals surface area (Å²) in [7, 11) is 1.42. The molecule has 0 aliphatic heterocycles. The third kappa shape index (κ3) is 1.97. The molecule has 4 nitrogen and oxygen atoms in total. The van der Waals surface area contributed by atoms with Crippen LogP contribution in [-0.4, -0.2) is 23.2 Å². The second-order valence-corrected chi connectivity index (χ2v) is 2.39. The lowest BCUT2D eigenvalue weighted by molar-refractivity contribution is 0.203. The summed E-state index contributed by atoms with van der Waals surface area (Å²) in [5.41, 5.74) is 0.627. The van der Waals surface area contributed by atoms with Crippen molar-refractivity contribution >= 4 is 11.9 Å². The van der Waals surface area contributed by atoms with Crippen LogP contribution in [0.5, 0.6) is 0 Å². The van der Waals surface area contributed by atoms with Gasteiger partial charge in [0.15, 0.2) is 0 Å². The smallest absolute Gasteiger partial charge is 0.412 e. The van der Waals surface area contributed by atoms with Crippen molar-refractivity contribution in [2.75, 3.05) is 11.9 Å². The van der Waals surface area contributed by atoms with E-state index in [1.165, 1.54) is 13.2 Å². The van der Waals surface area contributed by atoms with Crippen LogP contribution in [0.2, 0.25) is 0 Å². The number of anilines is 1. The van der Waals surface area contributed by atoms with Gasteiger partial charge < -0.3 is 5.11 Å². The van der Waals surface area contributed by atoms with Crippen molar-refractivity contribution < 1.29 is 9.90 Å². The summed E-state index contributed by atoms with van der Waals surface area (Å²) in [5.74, 6) is 2.75. The van der Waals surface area contributed by atoms with Crippen LogP contribution in [0, 0.1) is 12.3 Å². The quantitative estimate of drug-likeness (QED) is 0.653. The Labute approximate surface area is 75.8 Å². The molecule has 1 aromatic rings. The Morgan fingerprint density at radius 1 is 1.69 bits per heavy atom. The highest BCUT2D eigenvalue weighted by Crippen LogP contribution is 2.08. The van der Waals surface area contributed by atoms with Gasteiger partial charge in [0.25, 0.3) is 0 Å². The summed E-state index contributed by atoms with van der Waals surface area (Å²) in [4.78, 5) is 15.4. The van der Waals surface area contributed by atoms with Gasteiger partial charge in [-0.15, -0.1) is 6.42 Å². The van der Waals surface area contributed by atoms with Crippen molar-refractivity contribution in [2.24, 2.45) is 0 Å². The number of pyridine rings is 1. The molecule has 1 N–H and O–H groups in total. The molecule has 0 unspecified atom stereocenters. The van der Waals surface area contributed by atoms with Crippen molar-refractivity contribution in [2.45, 2.75) is 0 Å². The summed E-state index contributed by atoms with van der Waals surface area (Å²) < 4.78 is 0. The molecule has 1 aromatic heterocycles.